The van der Waals surface area contributed by atoms with E-state index in [1.807, 2.05) is 6.07 Å². The van der Waals surface area contributed by atoms with Crippen molar-refractivity contribution in [2.75, 3.05) is 0 Å². The Morgan fingerprint density at radius 2 is 2.11 bits per heavy atom. The van der Waals surface area contributed by atoms with Gasteiger partial charge in [0.15, 0.2) is 5.16 Å². The molecule has 2 aromatic rings. The monoisotopic (exact) mass is 339 g/mol. The lowest BCUT2D eigenvalue weighted by atomic mass is 10.2. The van der Waals surface area contributed by atoms with E-state index < -0.39 is 0 Å². The second-order valence-corrected chi connectivity index (χ2v) is 6.18. The number of nitrogens with zero attached hydrogens (tertiary/aromatic N) is 3. The quantitative estimate of drug-likeness (QED) is 0.735. The maximum atomic E-state index is 4.31. The van der Waals surface area contributed by atoms with Gasteiger partial charge in [-0.05, 0) is 24.1 Å². The highest BCUT2D eigenvalue weighted by Crippen LogP contribution is 2.23. The van der Waals surface area contributed by atoms with Crippen LogP contribution >= 0.6 is 27.7 Å². The molecule has 0 saturated heterocycles. The Balaban J connectivity index is 2.08. The van der Waals surface area contributed by atoms with Gasteiger partial charge in [-0.2, -0.15) is 0 Å². The summed E-state index contributed by atoms with van der Waals surface area (Å²) >= 11 is 5.25. The minimum atomic E-state index is 0.922. The van der Waals surface area contributed by atoms with E-state index >= 15 is 0 Å². The fraction of sp³-hybridized carbons (Fsp3) is 0.429. The number of hydrogen-bond donors (Lipinski definition) is 0. The molecule has 1 heterocycles. The first-order valence-corrected chi connectivity index (χ1v) is 8.31. The summed E-state index contributed by atoms with van der Waals surface area (Å²) in [5.41, 5.74) is 1.29. The van der Waals surface area contributed by atoms with Crippen molar-refractivity contribution in [2.24, 2.45) is 0 Å². The predicted octanol–water partition coefficient (Wildman–Crippen LogP) is 4.31. The van der Waals surface area contributed by atoms with Crippen LogP contribution in [0.4, 0.5) is 0 Å². The van der Waals surface area contributed by atoms with Gasteiger partial charge in [0.2, 0.25) is 0 Å². The third-order valence-electron chi connectivity index (χ3n) is 2.81. The highest BCUT2D eigenvalue weighted by molar-refractivity contribution is 9.10. The van der Waals surface area contributed by atoms with Crippen molar-refractivity contribution in [1.29, 1.82) is 0 Å². The first kappa shape index (κ1) is 14.6. The molecule has 0 aliphatic heterocycles. The molecule has 0 bridgehead atoms. The fourth-order valence-corrected chi connectivity index (χ4v) is 3.28. The number of hydrogen-bond acceptors (Lipinski definition) is 3. The van der Waals surface area contributed by atoms with E-state index in [9.17, 15) is 0 Å². The third kappa shape index (κ3) is 3.83. The molecule has 0 atom stereocenters. The predicted molar refractivity (Wildman–Crippen MR) is 83.4 cm³/mol. The first-order valence-electron chi connectivity index (χ1n) is 6.54. The number of rotatable bonds is 6. The van der Waals surface area contributed by atoms with Crippen molar-refractivity contribution >= 4 is 27.7 Å². The van der Waals surface area contributed by atoms with Gasteiger partial charge in [-0.3, -0.25) is 0 Å². The second-order valence-electron chi connectivity index (χ2n) is 4.32. The van der Waals surface area contributed by atoms with Gasteiger partial charge < -0.3 is 4.57 Å². The summed E-state index contributed by atoms with van der Waals surface area (Å²) in [5, 5.41) is 9.60. The third-order valence-corrected chi connectivity index (χ3v) is 4.35. The molecule has 1 aromatic carbocycles. The summed E-state index contributed by atoms with van der Waals surface area (Å²) in [7, 11) is 0. The average molecular weight is 340 g/mol. The number of aromatic nitrogens is 3. The largest absolute Gasteiger partial charge is 0.306 e. The van der Waals surface area contributed by atoms with E-state index in [1.54, 1.807) is 11.8 Å². The van der Waals surface area contributed by atoms with Gasteiger partial charge in [-0.15, -0.1) is 10.2 Å². The first-order chi connectivity index (χ1) is 9.24. The highest BCUT2D eigenvalue weighted by Gasteiger charge is 2.10. The van der Waals surface area contributed by atoms with Gasteiger partial charge in [-0.25, -0.2) is 0 Å². The zero-order chi connectivity index (χ0) is 13.7. The van der Waals surface area contributed by atoms with Crippen LogP contribution in [0.5, 0.6) is 0 Å². The minimum Gasteiger partial charge on any atom is -0.306 e. The summed E-state index contributed by atoms with van der Waals surface area (Å²) in [4.78, 5) is 0. The Labute approximate surface area is 126 Å². The lowest BCUT2D eigenvalue weighted by Crippen LogP contribution is -2.03. The number of halogens is 1. The van der Waals surface area contributed by atoms with E-state index in [4.69, 9.17) is 0 Å². The Hall–Kier alpha value is -0.810. The van der Waals surface area contributed by atoms with Crippen LogP contribution in [0.15, 0.2) is 33.9 Å². The maximum Gasteiger partial charge on any atom is 0.191 e. The van der Waals surface area contributed by atoms with Gasteiger partial charge in [0, 0.05) is 23.2 Å². The van der Waals surface area contributed by atoms with Gasteiger partial charge >= 0.3 is 0 Å². The van der Waals surface area contributed by atoms with Gasteiger partial charge in [0.25, 0.3) is 0 Å². The van der Waals surface area contributed by atoms with Crippen molar-refractivity contribution in [2.45, 2.75) is 44.1 Å². The van der Waals surface area contributed by atoms with Crippen molar-refractivity contribution in [1.82, 2.24) is 14.8 Å². The van der Waals surface area contributed by atoms with E-state index in [0.29, 0.717) is 0 Å². The van der Waals surface area contributed by atoms with Crippen LogP contribution in [0.1, 0.15) is 31.7 Å². The summed E-state index contributed by atoms with van der Waals surface area (Å²) < 4.78 is 3.36. The molecule has 0 unspecified atom stereocenters. The number of benzene rings is 1. The lowest BCUT2D eigenvalue weighted by Gasteiger charge is -2.07. The molecule has 3 nitrogen and oxygen atoms in total. The van der Waals surface area contributed by atoms with E-state index in [0.717, 1.165) is 40.6 Å². The molecule has 0 radical (unpaired) electrons. The normalized spacial score (nSPS) is 10.9. The SMILES string of the molecule is CCCn1c(CC)nnc1SCc1cccc(Br)c1. The Bertz CT molecular complexity index is 539. The maximum absolute atomic E-state index is 4.31. The van der Waals surface area contributed by atoms with Crippen LogP contribution in [0.3, 0.4) is 0 Å². The highest BCUT2D eigenvalue weighted by atomic mass is 79.9. The number of thioether (sulfide) groups is 1. The van der Waals surface area contributed by atoms with Gasteiger partial charge in [-0.1, -0.05) is 53.7 Å². The van der Waals surface area contributed by atoms with Gasteiger partial charge in [0.05, 0.1) is 0 Å². The van der Waals surface area contributed by atoms with Crippen LogP contribution in [-0.4, -0.2) is 14.8 Å². The molecule has 5 heteroatoms. The van der Waals surface area contributed by atoms with E-state index in [1.165, 1.54) is 5.56 Å². The summed E-state index contributed by atoms with van der Waals surface area (Å²) in [6, 6.07) is 8.39. The standard InChI is InChI=1S/C14H18BrN3S/c1-3-8-18-13(4-2)16-17-14(18)19-10-11-6-5-7-12(15)9-11/h5-7,9H,3-4,8,10H2,1-2H3. The molecule has 0 N–H and O–H groups in total. The zero-order valence-corrected chi connectivity index (χ0v) is 13.7. The van der Waals surface area contributed by atoms with Crippen molar-refractivity contribution < 1.29 is 0 Å². The van der Waals surface area contributed by atoms with Gasteiger partial charge in [0.1, 0.15) is 5.82 Å². The minimum absolute atomic E-state index is 0.922. The van der Waals surface area contributed by atoms with Crippen LogP contribution in [0.2, 0.25) is 0 Å². The van der Waals surface area contributed by atoms with Crippen LogP contribution in [0.25, 0.3) is 0 Å². The molecule has 19 heavy (non-hydrogen) atoms. The number of aryl methyl sites for hydroxylation is 1. The molecule has 0 amide bonds. The van der Waals surface area contributed by atoms with E-state index in [2.05, 4.69) is 62.7 Å². The molecule has 0 aliphatic carbocycles. The molecule has 1 aromatic heterocycles. The topological polar surface area (TPSA) is 30.7 Å². The summed E-state index contributed by atoms with van der Waals surface area (Å²) in [5.74, 6) is 2.00. The van der Waals surface area contributed by atoms with Crippen molar-refractivity contribution in [3.63, 3.8) is 0 Å². The molecule has 0 spiro atoms. The second kappa shape index (κ2) is 7.10. The van der Waals surface area contributed by atoms with Crippen LogP contribution in [0, 0.1) is 0 Å². The van der Waals surface area contributed by atoms with Crippen LogP contribution in [-0.2, 0) is 18.7 Å². The Morgan fingerprint density at radius 1 is 1.26 bits per heavy atom. The fourth-order valence-electron chi connectivity index (χ4n) is 1.91. The zero-order valence-electron chi connectivity index (χ0n) is 11.3. The molecular weight excluding hydrogens is 322 g/mol. The molecule has 0 saturated carbocycles. The Morgan fingerprint density at radius 3 is 2.79 bits per heavy atom. The van der Waals surface area contributed by atoms with Crippen molar-refractivity contribution in [3.05, 3.63) is 40.1 Å². The molecule has 0 fully saturated rings. The summed E-state index contributed by atoms with van der Waals surface area (Å²) in [6.45, 7) is 5.30. The molecule has 0 aliphatic rings. The van der Waals surface area contributed by atoms with Crippen LogP contribution < -0.4 is 0 Å². The van der Waals surface area contributed by atoms with E-state index in [-0.39, 0.29) is 0 Å². The molecule has 2 rings (SSSR count). The Kier molecular flexibility index (Phi) is 5.45. The smallest absolute Gasteiger partial charge is 0.191 e. The lowest BCUT2D eigenvalue weighted by molar-refractivity contribution is 0.595. The van der Waals surface area contributed by atoms with Crippen molar-refractivity contribution in [3.8, 4) is 0 Å². The molecular formula is C14H18BrN3S. The summed E-state index contributed by atoms with van der Waals surface area (Å²) in [6.07, 6.45) is 2.04. The molecule has 102 valence electrons. The average Bonchev–Trinajstić information content (AvgIpc) is 2.79.